The highest BCUT2D eigenvalue weighted by molar-refractivity contribution is 9.10. The maximum absolute atomic E-state index is 13.3. The number of rotatable bonds is 1. The summed E-state index contributed by atoms with van der Waals surface area (Å²) in [4.78, 5) is 0. The maximum Gasteiger partial charge on any atom is 0.239 e. The van der Waals surface area contributed by atoms with Gasteiger partial charge in [0.2, 0.25) is 5.95 Å². The van der Waals surface area contributed by atoms with E-state index in [1.807, 2.05) is 6.07 Å². The van der Waals surface area contributed by atoms with Crippen molar-refractivity contribution in [3.05, 3.63) is 40.9 Å². The Morgan fingerprint density at radius 3 is 2.79 bits per heavy atom. The van der Waals surface area contributed by atoms with Crippen molar-refractivity contribution in [1.82, 2.24) is 9.78 Å². The molecular weight excluding hydrogens is 249 g/mol. The lowest BCUT2D eigenvalue weighted by Crippen LogP contribution is -2.00. The Balaban J connectivity index is 2.55. The largest absolute Gasteiger partial charge is 0.394 e. The standard InChI is InChI=1S/C9H7BrFN3/c10-6-2-1-3-7(4-6)14-9(11)8(12)5-13-14/h1-5H,12H2. The summed E-state index contributed by atoms with van der Waals surface area (Å²) >= 11 is 3.30. The molecule has 0 aliphatic carbocycles. The normalized spacial score (nSPS) is 10.4. The van der Waals surface area contributed by atoms with Crippen LogP contribution in [0.5, 0.6) is 0 Å². The number of nitrogens with zero attached hydrogens (tertiary/aromatic N) is 2. The van der Waals surface area contributed by atoms with Crippen LogP contribution in [0.15, 0.2) is 34.9 Å². The first-order valence-electron chi connectivity index (χ1n) is 3.93. The molecule has 0 fully saturated rings. The fraction of sp³-hybridized carbons (Fsp3) is 0. The van der Waals surface area contributed by atoms with Gasteiger partial charge in [-0.2, -0.15) is 9.49 Å². The van der Waals surface area contributed by atoms with E-state index >= 15 is 0 Å². The monoisotopic (exact) mass is 255 g/mol. The van der Waals surface area contributed by atoms with Crippen molar-refractivity contribution in [3.63, 3.8) is 0 Å². The van der Waals surface area contributed by atoms with Crippen LogP contribution in [0.4, 0.5) is 10.1 Å². The Bertz CT molecular complexity index is 467. The van der Waals surface area contributed by atoms with Crippen LogP contribution < -0.4 is 5.73 Å². The molecule has 1 aromatic heterocycles. The number of nitrogens with two attached hydrogens (primary N) is 1. The van der Waals surface area contributed by atoms with Crippen LogP contribution in [0.3, 0.4) is 0 Å². The summed E-state index contributed by atoms with van der Waals surface area (Å²) in [6, 6.07) is 7.17. The second kappa shape index (κ2) is 3.42. The third-order valence-corrected chi connectivity index (χ3v) is 2.28. The van der Waals surface area contributed by atoms with Crippen molar-refractivity contribution >= 4 is 21.6 Å². The Morgan fingerprint density at radius 2 is 2.21 bits per heavy atom. The molecular formula is C9H7BrFN3. The number of hydrogen-bond donors (Lipinski definition) is 1. The summed E-state index contributed by atoms with van der Waals surface area (Å²) < 4.78 is 15.4. The second-order valence-electron chi connectivity index (χ2n) is 2.78. The molecule has 2 N–H and O–H groups in total. The van der Waals surface area contributed by atoms with E-state index in [4.69, 9.17) is 5.73 Å². The summed E-state index contributed by atoms with van der Waals surface area (Å²) in [6.45, 7) is 0. The SMILES string of the molecule is Nc1cnn(-c2cccc(Br)c2)c1F. The average molecular weight is 256 g/mol. The van der Waals surface area contributed by atoms with E-state index in [-0.39, 0.29) is 5.69 Å². The van der Waals surface area contributed by atoms with Gasteiger partial charge in [-0.05, 0) is 18.2 Å². The minimum absolute atomic E-state index is 0.0463. The highest BCUT2D eigenvalue weighted by atomic mass is 79.9. The molecule has 0 atom stereocenters. The van der Waals surface area contributed by atoms with E-state index in [9.17, 15) is 4.39 Å². The number of anilines is 1. The lowest BCUT2D eigenvalue weighted by atomic mass is 10.3. The molecule has 0 saturated carbocycles. The summed E-state index contributed by atoms with van der Waals surface area (Å²) in [5, 5.41) is 3.82. The molecule has 3 nitrogen and oxygen atoms in total. The highest BCUT2D eigenvalue weighted by Gasteiger charge is 2.08. The maximum atomic E-state index is 13.3. The van der Waals surface area contributed by atoms with E-state index in [2.05, 4.69) is 21.0 Å². The molecule has 2 rings (SSSR count). The predicted molar refractivity (Wildman–Crippen MR) is 55.6 cm³/mol. The van der Waals surface area contributed by atoms with Crippen molar-refractivity contribution in [2.75, 3.05) is 5.73 Å². The zero-order valence-electron chi connectivity index (χ0n) is 7.11. The Morgan fingerprint density at radius 1 is 1.43 bits per heavy atom. The molecule has 1 aromatic carbocycles. The van der Waals surface area contributed by atoms with Crippen LogP contribution in [0.25, 0.3) is 5.69 Å². The highest BCUT2D eigenvalue weighted by Crippen LogP contribution is 2.18. The summed E-state index contributed by atoms with van der Waals surface area (Å²) in [5.74, 6) is -0.539. The van der Waals surface area contributed by atoms with E-state index in [1.165, 1.54) is 6.20 Å². The molecule has 72 valence electrons. The first-order chi connectivity index (χ1) is 6.68. The lowest BCUT2D eigenvalue weighted by molar-refractivity contribution is 0.540. The van der Waals surface area contributed by atoms with Gasteiger partial charge in [0.1, 0.15) is 5.69 Å². The summed E-state index contributed by atoms with van der Waals surface area (Å²) in [5.41, 5.74) is 6.03. The van der Waals surface area contributed by atoms with Gasteiger partial charge in [-0.25, -0.2) is 4.68 Å². The van der Waals surface area contributed by atoms with Crippen molar-refractivity contribution < 1.29 is 4.39 Å². The number of benzene rings is 1. The van der Waals surface area contributed by atoms with Gasteiger partial charge in [0.05, 0.1) is 11.9 Å². The Hall–Kier alpha value is -1.36. The molecule has 0 amide bonds. The molecule has 1 heterocycles. The van der Waals surface area contributed by atoms with Gasteiger partial charge in [-0.15, -0.1) is 0 Å². The van der Waals surface area contributed by atoms with Crippen molar-refractivity contribution in [2.45, 2.75) is 0 Å². The lowest BCUT2D eigenvalue weighted by Gasteiger charge is -2.01. The van der Waals surface area contributed by atoms with Gasteiger partial charge in [0.25, 0.3) is 0 Å². The van der Waals surface area contributed by atoms with Gasteiger partial charge >= 0.3 is 0 Å². The molecule has 5 heteroatoms. The van der Waals surface area contributed by atoms with Crippen LogP contribution in [0.1, 0.15) is 0 Å². The van der Waals surface area contributed by atoms with E-state index < -0.39 is 5.95 Å². The van der Waals surface area contributed by atoms with Gasteiger partial charge in [0, 0.05) is 4.47 Å². The Kier molecular flexibility index (Phi) is 2.25. The van der Waals surface area contributed by atoms with Gasteiger partial charge in [-0.1, -0.05) is 22.0 Å². The first-order valence-corrected chi connectivity index (χ1v) is 4.73. The third-order valence-electron chi connectivity index (χ3n) is 1.79. The van der Waals surface area contributed by atoms with Gasteiger partial charge in [-0.3, -0.25) is 0 Å². The molecule has 0 radical (unpaired) electrons. The second-order valence-corrected chi connectivity index (χ2v) is 3.70. The zero-order chi connectivity index (χ0) is 10.1. The zero-order valence-corrected chi connectivity index (χ0v) is 8.70. The fourth-order valence-electron chi connectivity index (χ4n) is 1.13. The van der Waals surface area contributed by atoms with Crippen LogP contribution >= 0.6 is 15.9 Å². The van der Waals surface area contributed by atoms with E-state index in [1.54, 1.807) is 18.2 Å². The third kappa shape index (κ3) is 1.50. The number of halogens is 2. The van der Waals surface area contributed by atoms with E-state index in [0.29, 0.717) is 5.69 Å². The molecule has 14 heavy (non-hydrogen) atoms. The molecule has 0 aliphatic heterocycles. The van der Waals surface area contributed by atoms with Crippen molar-refractivity contribution in [1.29, 1.82) is 0 Å². The first kappa shape index (κ1) is 9.21. The minimum atomic E-state index is -0.539. The van der Waals surface area contributed by atoms with Crippen molar-refractivity contribution in [2.24, 2.45) is 0 Å². The number of aromatic nitrogens is 2. The summed E-state index contributed by atoms with van der Waals surface area (Å²) in [6.07, 6.45) is 1.29. The molecule has 0 spiro atoms. The van der Waals surface area contributed by atoms with E-state index in [0.717, 1.165) is 9.15 Å². The minimum Gasteiger partial charge on any atom is -0.394 e. The molecule has 0 aliphatic rings. The summed E-state index contributed by atoms with van der Waals surface area (Å²) in [7, 11) is 0. The van der Waals surface area contributed by atoms with Crippen LogP contribution in [-0.2, 0) is 0 Å². The predicted octanol–water partition coefficient (Wildman–Crippen LogP) is 2.36. The fourth-order valence-corrected chi connectivity index (χ4v) is 1.52. The number of hydrogen-bond acceptors (Lipinski definition) is 2. The Labute approximate surface area is 88.5 Å². The molecule has 2 aromatic rings. The van der Waals surface area contributed by atoms with Crippen LogP contribution in [0, 0.1) is 5.95 Å². The van der Waals surface area contributed by atoms with Gasteiger partial charge in [0.15, 0.2) is 0 Å². The average Bonchev–Trinajstić information content (AvgIpc) is 2.48. The van der Waals surface area contributed by atoms with Crippen molar-refractivity contribution in [3.8, 4) is 5.69 Å². The number of nitrogen functional groups attached to an aromatic ring is 1. The molecule has 0 bridgehead atoms. The smallest absolute Gasteiger partial charge is 0.239 e. The molecule has 0 saturated heterocycles. The quantitative estimate of drug-likeness (QED) is 0.851. The van der Waals surface area contributed by atoms with Crippen LogP contribution in [-0.4, -0.2) is 9.78 Å². The van der Waals surface area contributed by atoms with Crippen LogP contribution in [0.2, 0.25) is 0 Å². The van der Waals surface area contributed by atoms with Gasteiger partial charge < -0.3 is 5.73 Å². The molecule has 0 unspecified atom stereocenters. The topological polar surface area (TPSA) is 43.8 Å².